The predicted molar refractivity (Wildman–Crippen MR) is 73.2 cm³/mol. The fraction of sp³-hybridized carbons (Fsp3) is 0.385. The van der Waals surface area contributed by atoms with Crippen molar-refractivity contribution in [3.63, 3.8) is 0 Å². The summed E-state index contributed by atoms with van der Waals surface area (Å²) < 4.78 is 22.4. The van der Waals surface area contributed by atoms with Crippen LogP contribution in [0.1, 0.15) is 18.4 Å². The van der Waals surface area contributed by atoms with Crippen molar-refractivity contribution in [2.45, 2.75) is 19.4 Å². The van der Waals surface area contributed by atoms with Crippen molar-refractivity contribution < 1.29 is 9.09 Å². The Labute approximate surface area is 116 Å². The molecular formula is C13H15N4O2P. The van der Waals surface area contributed by atoms with Crippen molar-refractivity contribution in [2.75, 3.05) is 6.54 Å². The van der Waals surface area contributed by atoms with Crippen LogP contribution in [0.4, 0.5) is 0 Å². The third-order valence-corrected chi connectivity index (χ3v) is 5.91. The van der Waals surface area contributed by atoms with Gasteiger partial charge in [-0.3, -0.25) is 0 Å². The maximum Gasteiger partial charge on any atom is 0.443 e. The van der Waals surface area contributed by atoms with E-state index in [-0.39, 0.29) is 0 Å². The number of benzene rings is 1. The molecular weight excluding hydrogens is 275 g/mol. The Morgan fingerprint density at radius 3 is 2.95 bits per heavy atom. The third kappa shape index (κ3) is 1.96. The highest BCUT2D eigenvalue weighted by Crippen LogP contribution is 2.57. The lowest BCUT2D eigenvalue weighted by atomic mass is 10.2. The second-order valence-electron chi connectivity index (χ2n) is 5.30. The minimum atomic E-state index is -3.20. The minimum absolute atomic E-state index is 0.626. The van der Waals surface area contributed by atoms with Crippen molar-refractivity contribution >= 4 is 7.67 Å². The van der Waals surface area contributed by atoms with Crippen LogP contribution in [-0.4, -0.2) is 25.8 Å². The zero-order valence-electron chi connectivity index (χ0n) is 10.9. The van der Waals surface area contributed by atoms with Crippen molar-refractivity contribution in [1.82, 2.24) is 19.2 Å². The fourth-order valence-corrected chi connectivity index (χ4v) is 4.49. The highest BCUT2D eigenvalue weighted by atomic mass is 31.2. The van der Waals surface area contributed by atoms with Gasteiger partial charge in [-0.05, 0) is 24.8 Å². The van der Waals surface area contributed by atoms with Gasteiger partial charge in [-0.1, -0.05) is 18.2 Å². The lowest BCUT2D eigenvalue weighted by molar-refractivity contribution is 0.300. The average molecular weight is 290 g/mol. The molecule has 1 saturated carbocycles. The first kappa shape index (κ1) is 12.1. The van der Waals surface area contributed by atoms with E-state index in [0.29, 0.717) is 18.2 Å². The summed E-state index contributed by atoms with van der Waals surface area (Å²) in [5.74, 6) is 1.30. The number of para-hydroxylation sites is 1. The van der Waals surface area contributed by atoms with E-state index in [9.17, 15) is 4.57 Å². The van der Waals surface area contributed by atoms with Crippen LogP contribution >= 0.6 is 7.67 Å². The van der Waals surface area contributed by atoms with Crippen molar-refractivity contribution in [3.05, 3.63) is 42.5 Å². The standard InChI is InChI=1S/C13H15N4O2P/c18-20(17-10-14-9-15-17)16(7-11-5-6-11)8-12-3-1-2-4-13(12)19-20/h1-4,9-11H,5-8H2. The van der Waals surface area contributed by atoms with E-state index in [1.807, 2.05) is 28.9 Å². The second kappa shape index (κ2) is 4.43. The van der Waals surface area contributed by atoms with Gasteiger partial charge in [0.15, 0.2) is 0 Å². The van der Waals surface area contributed by atoms with Crippen LogP contribution in [0.5, 0.6) is 5.75 Å². The van der Waals surface area contributed by atoms with Crippen LogP contribution < -0.4 is 4.52 Å². The van der Waals surface area contributed by atoms with E-state index in [0.717, 1.165) is 12.1 Å². The van der Waals surface area contributed by atoms with Crippen molar-refractivity contribution in [3.8, 4) is 5.75 Å². The second-order valence-corrected chi connectivity index (χ2v) is 7.44. The zero-order chi connectivity index (χ0) is 13.6. The molecule has 0 N–H and O–H groups in total. The Hall–Kier alpha value is -1.65. The predicted octanol–water partition coefficient (Wildman–Crippen LogP) is 2.54. The Morgan fingerprint density at radius 1 is 1.35 bits per heavy atom. The summed E-state index contributed by atoms with van der Waals surface area (Å²) in [7, 11) is -3.20. The Balaban J connectivity index is 1.76. The third-order valence-electron chi connectivity index (χ3n) is 3.73. The largest absolute Gasteiger partial charge is 0.443 e. The summed E-state index contributed by atoms with van der Waals surface area (Å²) in [5, 5.41) is 4.04. The van der Waals surface area contributed by atoms with E-state index in [1.54, 1.807) is 0 Å². The van der Waals surface area contributed by atoms with Crippen LogP contribution in [0.2, 0.25) is 0 Å². The SMILES string of the molecule is O=P1(n2cncn2)Oc2ccccc2CN1CC1CC1. The topological polar surface area (TPSA) is 60.3 Å². The number of fused-ring (bicyclic) bond motifs is 1. The number of hydrogen-bond acceptors (Lipinski definition) is 4. The molecule has 0 amide bonds. The van der Waals surface area contributed by atoms with E-state index in [2.05, 4.69) is 10.1 Å². The Morgan fingerprint density at radius 2 is 2.20 bits per heavy atom. The van der Waals surface area contributed by atoms with Gasteiger partial charge in [-0.25, -0.2) is 9.55 Å². The molecule has 1 atom stereocenters. The molecule has 0 spiro atoms. The summed E-state index contributed by atoms with van der Waals surface area (Å²) in [4.78, 5) is 3.90. The Bertz CT molecular complexity index is 669. The fourth-order valence-electron chi connectivity index (χ4n) is 2.47. The van der Waals surface area contributed by atoms with Gasteiger partial charge in [0.05, 0.1) is 0 Å². The molecule has 20 heavy (non-hydrogen) atoms. The molecule has 0 bridgehead atoms. The van der Waals surface area contributed by atoms with Crippen molar-refractivity contribution in [2.24, 2.45) is 5.92 Å². The molecule has 1 aliphatic carbocycles. The lowest BCUT2D eigenvalue weighted by Gasteiger charge is -2.35. The molecule has 7 heteroatoms. The molecule has 1 aliphatic heterocycles. The zero-order valence-corrected chi connectivity index (χ0v) is 11.8. The molecule has 1 unspecified atom stereocenters. The summed E-state index contributed by atoms with van der Waals surface area (Å²) >= 11 is 0. The molecule has 1 fully saturated rings. The summed E-state index contributed by atoms with van der Waals surface area (Å²) in [6.07, 6.45) is 5.26. The summed E-state index contributed by atoms with van der Waals surface area (Å²) in [6, 6.07) is 7.73. The lowest BCUT2D eigenvalue weighted by Crippen LogP contribution is -2.32. The summed E-state index contributed by atoms with van der Waals surface area (Å²) in [5.41, 5.74) is 1.07. The molecule has 6 nitrogen and oxygen atoms in total. The number of rotatable bonds is 3. The monoisotopic (exact) mass is 290 g/mol. The van der Waals surface area contributed by atoms with E-state index in [1.165, 1.54) is 29.9 Å². The van der Waals surface area contributed by atoms with E-state index in [4.69, 9.17) is 4.52 Å². The molecule has 1 aromatic carbocycles. The molecule has 2 aromatic rings. The van der Waals surface area contributed by atoms with Gasteiger partial charge < -0.3 is 4.52 Å². The molecule has 2 heterocycles. The average Bonchev–Trinajstić information content (AvgIpc) is 3.09. The van der Waals surface area contributed by atoms with Crippen molar-refractivity contribution in [1.29, 1.82) is 0 Å². The first-order valence-electron chi connectivity index (χ1n) is 6.74. The first-order valence-corrected chi connectivity index (χ1v) is 8.27. The van der Waals surface area contributed by atoms with Gasteiger partial charge >= 0.3 is 7.67 Å². The Kier molecular flexibility index (Phi) is 2.69. The van der Waals surface area contributed by atoms with Crippen LogP contribution in [-0.2, 0) is 11.1 Å². The van der Waals surface area contributed by atoms with Gasteiger partial charge in [0.1, 0.15) is 18.4 Å². The van der Waals surface area contributed by atoms with Gasteiger partial charge in [0.2, 0.25) is 0 Å². The minimum Gasteiger partial charge on any atom is -0.416 e. The normalized spacial score (nSPS) is 26.0. The smallest absolute Gasteiger partial charge is 0.416 e. The maximum absolute atomic E-state index is 13.3. The van der Waals surface area contributed by atoms with Crippen LogP contribution in [0.25, 0.3) is 0 Å². The maximum atomic E-state index is 13.3. The quantitative estimate of drug-likeness (QED) is 0.813. The van der Waals surface area contributed by atoms with Crippen LogP contribution in [0, 0.1) is 5.92 Å². The molecule has 4 rings (SSSR count). The van der Waals surface area contributed by atoms with E-state index >= 15 is 0 Å². The highest BCUT2D eigenvalue weighted by Gasteiger charge is 2.43. The number of hydrogen-bond donors (Lipinski definition) is 0. The van der Waals surface area contributed by atoms with Gasteiger partial charge in [0.25, 0.3) is 0 Å². The van der Waals surface area contributed by atoms with Crippen LogP contribution in [0.15, 0.2) is 36.9 Å². The number of nitrogens with zero attached hydrogens (tertiary/aromatic N) is 4. The summed E-state index contributed by atoms with van der Waals surface area (Å²) in [6.45, 7) is 1.41. The highest BCUT2D eigenvalue weighted by molar-refractivity contribution is 7.55. The van der Waals surface area contributed by atoms with Crippen LogP contribution in [0.3, 0.4) is 0 Å². The van der Waals surface area contributed by atoms with E-state index < -0.39 is 7.67 Å². The molecule has 104 valence electrons. The first-order chi connectivity index (χ1) is 9.75. The molecule has 2 aliphatic rings. The molecule has 0 saturated heterocycles. The molecule has 1 aromatic heterocycles. The van der Waals surface area contributed by atoms with Gasteiger partial charge in [-0.2, -0.15) is 9.12 Å². The number of aromatic nitrogens is 3. The van der Waals surface area contributed by atoms with Gasteiger partial charge in [-0.15, -0.1) is 5.10 Å². The molecule has 0 radical (unpaired) electrons. The van der Waals surface area contributed by atoms with Gasteiger partial charge in [0, 0.05) is 18.7 Å².